The van der Waals surface area contributed by atoms with Crippen LogP contribution in [0.5, 0.6) is 23.0 Å². The first-order chi connectivity index (χ1) is 13.2. The van der Waals surface area contributed by atoms with Gasteiger partial charge in [0.05, 0.1) is 27.9 Å². The van der Waals surface area contributed by atoms with Crippen molar-refractivity contribution in [2.75, 3.05) is 60.7 Å². The van der Waals surface area contributed by atoms with Gasteiger partial charge in [0, 0.05) is 37.8 Å². The fourth-order valence-electron chi connectivity index (χ4n) is 4.19. The zero-order chi connectivity index (χ0) is 19.1. The summed E-state index contributed by atoms with van der Waals surface area (Å²) in [6.07, 6.45) is 6.37. The monoisotopic (exact) mass is 450 g/mol. The van der Waals surface area contributed by atoms with E-state index in [1.807, 2.05) is 12.1 Å². The molecule has 0 amide bonds. The van der Waals surface area contributed by atoms with E-state index >= 15 is 0 Å². The summed E-state index contributed by atoms with van der Waals surface area (Å²) in [5.41, 5.74) is 0. The lowest BCUT2D eigenvalue weighted by molar-refractivity contribution is 0.0482. The van der Waals surface area contributed by atoms with Gasteiger partial charge in [-0.1, -0.05) is 6.42 Å². The van der Waals surface area contributed by atoms with Gasteiger partial charge >= 0.3 is 0 Å². The quantitative estimate of drug-likeness (QED) is 0.531. The molecular weight excluding hydrogens is 415 g/mol. The molecule has 168 valence electrons. The minimum Gasteiger partial charge on any atom is -0.493 e. The van der Waals surface area contributed by atoms with E-state index < -0.39 is 0 Å². The van der Waals surface area contributed by atoms with Crippen LogP contribution >= 0.6 is 24.8 Å². The van der Waals surface area contributed by atoms with Crippen LogP contribution in [0.15, 0.2) is 12.1 Å². The average molecular weight is 451 g/mol. The Morgan fingerprint density at radius 1 is 0.897 bits per heavy atom. The maximum Gasteiger partial charge on any atom is 0.203 e. The predicted octanol–water partition coefficient (Wildman–Crippen LogP) is 3.89. The highest BCUT2D eigenvalue weighted by Gasteiger charge is 2.28. The minimum absolute atomic E-state index is 0. The summed E-state index contributed by atoms with van der Waals surface area (Å²) in [6, 6.07) is 4.50. The van der Waals surface area contributed by atoms with Crippen LogP contribution in [0.2, 0.25) is 0 Å². The lowest BCUT2D eigenvalue weighted by Gasteiger charge is -2.44. The molecule has 2 aliphatic rings. The molecular formula is C21H36Cl2N2O4. The standard InChI is InChI=1S/C21H34N2O4.2ClH/c1-24-19-14-18(15-20(25-2)21(19)26-3)27-13-7-6-9-22-11-12-23-10-5-4-8-17(23)16-22;;/h14-15,17H,4-13,16H2,1-3H3;2*1H. The van der Waals surface area contributed by atoms with Gasteiger partial charge in [-0.05, 0) is 38.8 Å². The SMILES string of the molecule is COc1cc(OCCCCN2CCN3CCCCC3C2)cc(OC)c1OC.Cl.Cl. The van der Waals surface area contributed by atoms with Crippen LogP contribution in [0.3, 0.4) is 0 Å². The lowest BCUT2D eigenvalue weighted by atomic mass is 9.99. The topological polar surface area (TPSA) is 43.4 Å². The van der Waals surface area contributed by atoms with E-state index in [9.17, 15) is 0 Å². The van der Waals surface area contributed by atoms with Crippen molar-refractivity contribution in [3.8, 4) is 23.0 Å². The molecule has 2 fully saturated rings. The summed E-state index contributed by atoms with van der Waals surface area (Å²) in [5, 5.41) is 0. The summed E-state index contributed by atoms with van der Waals surface area (Å²) in [5.74, 6) is 2.59. The Morgan fingerprint density at radius 3 is 2.28 bits per heavy atom. The number of piperidine rings is 1. The van der Waals surface area contributed by atoms with E-state index in [1.54, 1.807) is 21.3 Å². The second-order valence-corrected chi connectivity index (χ2v) is 7.40. The Balaban J connectivity index is 0.00000210. The van der Waals surface area contributed by atoms with Crippen LogP contribution in [0.4, 0.5) is 0 Å². The molecule has 0 aromatic heterocycles. The number of nitrogens with zero attached hydrogens (tertiary/aromatic N) is 2. The van der Waals surface area contributed by atoms with Crippen LogP contribution in [0.1, 0.15) is 32.1 Å². The molecule has 2 heterocycles. The molecule has 0 aliphatic carbocycles. The van der Waals surface area contributed by atoms with Crippen LogP contribution in [0, 0.1) is 0 Å². The van der Waals surface area contributed by atoms with Gasteiger partial charge in [0.15, 0.2) is 11.5 Å². The lowest BCUT2D eigenvalue weighted by Crippen LogP contribution is -2.54. The van der Waals surface area contributed by atoms with Crippen molar-refractivity contribution in [1.29, 1.82) is 0 Å². The van der Waals surface area contributed by atoms with Crippen LogP contribution in [-0.4, -0.2) is 76.5 Å². The molecule has 8 heteroatoms. The highest BCUT2D eigenvalue weighted by molar-refractivity contribution is 5.85. The molecule has 6 nitrogen and oxygen atoms in total. The van der Waals surface area contributed by atoms with Crippen molar-refractivity contribution in [2.45, 2.75) is 38.1 Å². The van der Waals surface area contributed by atoms with Gasteiger partial charge in [-0.15, -0.1) is 24.8 Å². The summed E-state index contributed by atoms with van der Waals surface area (Å²) in [6.45, 7) is 6.87. The van der Waals surface area contributed by atoms with E-state index in [-0.39, 0.29) is 24.8 Å². The number of ether oxygens (including phenoxy) is 4. The number of fused-ring (bicyclic) bond motifs is 1. The van der Waals surface area contributed by atoms with Gasteiger partial charge < -0.3 is 23.8 Å². The third-order valence-corrected chi connectivity index (χ3v) is 5.70. The second kappa shape index (κ2) is 13.3. The Labute approximate surface area is 187 Å². The van der Waals surface area contributed by atoms with Crippen molar-refractivity contribution in [3.63, 3.8) is 0 Å². The molecule has 2 aliphatic heterocycles. The largest absolute Gasteiger partial charge is 0.493 e. The molecule has 1 aromatic rings. The Bertz CT molecular complexity index is 581. The maximum absolute atomic E-state index is 5.92. The van der Waals surface area contributed by atoms with Crippen LogP contribution in [0.25, 0.3) is 0 Å². The zero-order valence-corrected chi connectivity index (χ0v) is 19.5. The number of rotatable bonds is 9. The molecule has 1 unspecified atom stereocenters. The Hall–Kier alpha value is -1.08. The maximum atomic E-state index is 5.92. The minimum atomic E-state index is 0. The molecule has 1 atom stereocenters. The van der Waals surface area contributed by atoms with E-state index in [4.69, 9.17) is 18.9 Å². The summed E-state index contributed by atoms with van der Waals surface area (Å²) in [7, 11) is 4.84. The smallest absolute Gasteiger partial charge is 0.203 e. The van der Waals surface area contributed by atoms with Crippen molar-refractivity contribution in [3.05, 3.63) is 12.1 Å². The van der Waals surface area contributed by atoms with Crippen LogP contribution in [-0.2, 0) is 0 Å². The van der Waals surface area contributed by atoms with E-state index in [0.29, 0.717) is 23.9 Å². The number of benzene rings is 1. The molecule has 2 saturated heterocycles. The number of methoxy groups -OCH3 is 3. The van der Waals surface area contributed by atoms with Gasteiger partial charge in [-0.25, -0.2) is 0 Å². The first-order valence-corrected chi connectivity index (χ1v) is 10.1. The van der Waals surface area contributed by atoms with Crippen LogP contribution < -0.4 is 18.9 Å². The molecule has 3 rings (SSSR count). The van der Waals surface area contributed by atoms with Crippen molar-refractivity contribution in [2.24, 2.45) is 0 Å². The highest BCUT2D eigenvalue weighted by atomic mass is 35.5. The number of unbranched alkanes of at least 4 members (excludes halogenated alkanes) is 1. The predicted molar refractivity (Wildman–Crippen MR) is 121 cm³/mol. The molecule has 0 spiro atoms. The zero-order valence-electron chi connectivity index (χ0n) is 17.9. The summed E-state index contributed by atoms with van der Waals surface area (Å²) < 4.78 is 22.0. The Morgan fingerprint density at radius 2 is 1.62 bits per heavy atom. The molecule has 0 saturated carbocycles. The van der Waals surface area contributed by atoms with E-state index in [2.05, 4.69) is 9.80 Å². The summed E-state index contributed by atoms with van der Waals surface area (Å²) >= 11 is 0. The second-order valence-electron chi connectivity index (χ2n) is 7.40. The fraction of sp³-hybridized carbons (Fsp3) is 0.714. The summed E-state index contributed by atoms with van der Waals surface area (Å²) in [4.78, 5) is 5.32. The first-order valence-electron chi connectivity index (χ1n) is 10.1. The third-order valence-electron chi connectivity index (χ3n) is 5.70. The molecule has 0 radical (unpaired) electrons. The van der Waals surface area contributed by atoms with Gasteiger partial charge in [-0.3, -0.25) is 4.90 Å². The van der Waals surface area contributed by atoms with Crippen molar-refractivity contribution < 1.29 is 18.9 Å². The molecule has 1 aromatic carbocycles. The molecule has 0 bridgehead atoms. The third kappa shape index (κ3) is 6.99. The van der Waals surface area contributed by atoms with Gasteiger partial charge in [-0.2, -0.15) is 0 Å². The van der Waals surface area contributed by atoms with E-state index in [0.717, 1.165) is 24.6 Å². The number of piperazine rings is 1. The highest BCUT2D eigenvalue weighted by Crippen LogP contribution is 2.40. The fourth-order valence-corrected chi connectivity index (χ4v) is 4.19. The number of hydrogen-bond acceptors (Lipinski definition) is 6. The van der Waals surface area contributed by atoms with Gasteiger partial charge in [0.1, 0.15) is 5.75 Å². The van der Waals surface area contributed by atoms with Gasteiger partial charge in [0.2, 0.25) is 5.75 Å². The first kappa shape index (κ1) is 26.0. The van der Waals surface area contributed by atoms with Crippen molar-refractivity contribution >= 4 is 24.8 Å². The molecule has 0 N–H and O–H groups in total. The van der Waals surface area contributed by atoms with E-state index in [1.165, 1.54) is 52.0 Å². The normalized spacial score (nSPS) is 19.3. The average Bonchev–Trinajstić information content (AvgIpc) is 2.72. The number of halogens is 2. The molecule has 29 heavy (non-hydrogen) atoms. The Kier molecular flexibility index (Phi) is 11.9. The number of hydrogen-bond donors (Lipinski definition) is 0. The van der Waals surface area contributed by atoms with Gasteiger partial charge in [0.25, 0.3) is 0 Å². The van der Waals surface area contributed by atoms with Crippen molar-refractivity contribution in [1.82, 2.24) is 9.80 Å².